The van der Waals surface area contributed by atoms with E-state index in [-0.39, 0.29) is 11.5 Å². The van der Waals surface area contributed by atoms with Gasteiger partial charge in [0, 0.05) is 18.1 Å². The van der Waals surface area contributed by atoms with Gasteiger partial charge in [0.25, 0.3) is 5.91 Å². The molecule has 1 amide bonds. The lowest BCUT2D eigenvalue weighted by Crippen LogP contribution is -2.29. The van der Waals surface area contributed by atoms with E-state index in [0.717, 1.165) is 0 Å². The van der Waals surface area contributed by atoms with Crippen LogP contribution in [0.3, 0.4) is 0 Å². The molecule has 0 radical (unpaired) electrons. The molecule has 0 bridgehead atoms. The van der Waals surface area contributed by atoms with Crippen LogP contribution in [0.1, 0.15) is 23.7 Å². The van der Waals surface area contributed by atoms with Gasteiger partial charge in [-0.15, -0.1) is 0 Å². The SMILES string of the molecule is CC(O)CCN(C)C(=O)c1cc(F)ccc1Br. The number of carbonyl (C=O) groups is 1. The number of halogens is 2. The summed E-state index contributed by atoms with van der Waals surface area (Å²) in [6, 6.07) is 3.99. The Kier molecular flexibility index (Phi) is 5.08. The Bertz CT molecular complexity index is 409. The Morgan fingerprint density at radius 1 is 1.59 bits per heavy atom. The van der Waals surface area contributed by atoms with Crippen molar-refractivity contribution < 1.29 is 14.3 Å². The van der Waals surface area contributed by atoms with Crippen molar-refractivity contribution in [3.63, 3.8) is 0 Å². The third-order valence-electron chi connectivity index (χ3n) is 2.39. The topological polar surface area (TPSA) is 40.5 Å². The molecule has 0 heterocycles. The summed E-state index contributed by atoms with van der Waals surface area (Å²) < 4.78 is 13.6. The van der Waals surface area contributed by atoms with E-state index >= 15 is 0 Å². The lowest BCUT2D eigenvalue weighted by Gasteiger charge is -2.18. The van der Waals surface area contributed by atoms with E-state index in [1.807, 2.05) is 0 Å². The first-order valence-corrected chi connectivity index (χ1v) is 6.09. The second-order valence-corrected chi connectivity index (χ2v) is 4.84. The first-order valence-electron chi connectivity index (χ1n) is 5.30. The van der Waals surface area contributed by atoms with Crippen molar-refractivity contribution in [1.82, 2.24) is 4.90 Å². The molecule has 17 heavy (non-hydrogen) atoms. The van der Waals surface area contributed by atoms with Gasteiger partial charge in [-0.2, -0.15) is 0 Å². The summed E-state index contributed by atoms with van der Waals surface area (Å²) in [5.41, 5.74) is 0.290. The number of carbonyl (C=O) groups excluding carboxylic acids is 1. The molecule has 0 saturated carbocycles. The minimum absolute atomic E-state index is 0.267. The van der Waals surface area contributed by atoms with Gasteiger partial charge in [-0.1, -0.05) is 0 Å². The average molecular weight is 304 g/mol. The predicted molar refractivity (Wildman–Crippen MR) is 67.4 cm³/mol. The number of hydrogen-bond donors (Lipinski definition) is 1. The number of benzene rings is 1. The van der Waals surface area contributed by atoms with Gasteiger partial charge in [0.05, 0.1) is 11.7 Å². The zero-order valence-corrected chi connectivity index (χ0v) is 11.4. The minimum Gasteiger partial charge on any atom is -0.393 e. The minimum atomic E-state index is -0.457. The number of aliphatic hydroxyl groups excluding tert-OH is 1. The lowest BCUT2D eigenvalue weighted by atomic mass is 10.2. The van der Waals surface area contributed by atoms with Crippen LogP contribution in [0.2, 0.25) is 0 Å². The van der Waals surface area contributed by atoms with Crippen LogP contribution in [-0.2, 0) is 0 Å². The van der Waals surface area contributed by atoms with Crippen molar-refractivity contribution in [1.29, 1.82) is 0 Å². The molecule has 94 valence electrons. The summed E-state index contributed by atoms with van der Waals surface area (Å²) in [4.78, 5) is 13.4. The zero-order chi connectivity index (χ0) is 13.0. The van der Waals surface area contributed by atoms with Crippen molar-refractivity contribution in [2.45, 2.75) is 19.4 Å². The molecule has 1 aromatic rings. The third kappa shape index (κ3) is 4.09. The second-order valence-electron chi connectivity index (χ2n) is 3.99. The Labute approximate surface area is 108 Å². The molecule has 1 aromatic carbocycles. The molecule has 0 aliphatic heterocycles. The fourth-order valence-corrected chi connectivity index (χ4v) is 1.77. The summed E-state index contributed by atoms with van der Waals surface area (Å²) in [5, 5.41) is 9.15. The molecule has 1 N–H and O–H groups in total. The fourth-order valence-electron chi connectivity index (χ4n) is 1.35. The molecule has 1 unspecified atom stereocenters. The van der Waals surface area contributed by atoms with Crippen LogP contribution in [-0.4, -0.2) is 35.6 Å². The number of hydrogen-bond acceptors (Lipinski definition) is 2. The molecule has 0 spiro atoms. The molecular formula is C12H15BrFNO2. The van der Waals surface area contributed by atoms with Crippen LogP contribution in [0.4, 0.5) is 4.39 Å². The molecule has 3 nitrogen and oxygen atoms in total. The Hall–Kier alpha value is -0.940. The van der Waals surface area contributed by atoms with Crippen molar-refractivity contribution in [2.75, 3.05) is 13.6 Å². The first-order chi connectivity index (χ1) is 7.91. The summed E-state index contributed by atoms with van der Waals surface area (Å²) in [7, 11) is 1.63. The van der Waals surface area contributed by atoms with E-state index < -0.39 is 11.9 Å². The summed E-state index contributed by atoms with van der Waals surface area (Å²) in [6.45, 7) is 2.09. The number of amides is 1. The highest BCUT2D eigenvalue weighted by molar-refractivity contribution is 9.10. The van der Waals surface area contributed by atoms with Crippen molar-refractivity contribution in [3.05, 3.63) is 34.1 Å². The van der Waals surface area contributed by atoms with Crippen LogP contribution in [0.5, 0.6) is 0 Å². The van der Waals surface area contributed by atoms with E-state index in [1.165, 1.54) is 23.1 Å². The van der Waals surface area contributed by atoms with E-state index in [0.29, 0.717) is 17.4 Å². The Morgan fingerprint density at radius 2 is 2.24 bits per heavy atom. The molecule has 1 atom stereocenters. The molecule has 0 fully saturated rings. The van der Waals surface area contributed by atoms with E-state index in [4.69, 9.17) is 5.11 Å². The molecule has 0 saturated heterocycles. The normalized spacial score (nSPS) is 12.3. The largest absolute Gasteiger partial charge is 0.393 e. The maximum absolute atomic E-state index is 13.1. The smallest absolute Gasteiger partial charge is 0.254 e. The molecule has 5 heteroatoms. The van der Waals surface area contributed by atoms with Crippen molar-refractivity contribution in [3.8, 4) is 0 Å². The Morgan fingerprint density at radius 3 is 2.82 bits per heavy atom. The standard InChI is InChI=1S/C12H15BrFNO2/c1-8(16)5-6-15(2)12(17)10-7-9(14)3-4-11(10)13/h3-4,7-8,16H,5-6H2,1-2H3. The van der Waals surface area contributed by atoms with Gasteiger partial charge in [-0.3, -0.25) is 4.79 Å². The van der Waals surface area contributed by atoms with E-state index in [9.17, 15) is 9.18 Å². The van der Waals surface area contributed by atoms with Crippen LogP contribution in [0.25, 0.3) is 0 Å². The highest BCUT2D eigenvalue weighted by Gasteiger charge is 2.15. The first kappa shape index (κ1) is 14.1. The fraction of sp³-hybridized carbons (Fsp3) is 0.417. The van der Waals surface area contributed by atoms with Gasteiger partial charge in [0.1, 0.15) is 5.82 Å². The summed E-state index contributed by atoms with van der Waals surface area (Å²) in [5.74, 6) is -0.711. The van der Waals surface area contributed by atoms with Crippen LogP contribution < -0.4 is 0 Å². The number of aliphatic hydroxyl groups is 1. The van der Waals surface area contributed by atoms with Gasteiger partial charge < -0.3 is 10.0 Å². The van der Waals surface area contributed by atoms with Crippen LogP contribution >= 0.6 is 15.9 Å². The molecule has 0 aliphatic carbocycles. The van der Waals surface area contributed by atoms with Gasteiger partial charge >= 0.3 is 0 Å². The summed E-state index contributed by atoms with van der Waals surface area (Å²) >= 11 is 3.22. The van der Waals surface area contributed by atoms with Gasteiger partial charge in [0.2, 0.25) is 0 Å². The lowest BCUT2D eigenvalue weighted by molar-refractivity contribution is 0.0767. The van der Waals surface area contributed by atoms with Crippen LogP contribution in [0, 0.1) is 5.82 Å². The average Bonchev–Trinajstić information content (AvgIpc) is 2.28. The van der Waals surface area contributed by atoms with E-state index in [1.54, 1.807) is 14.0 Å². The second kappa shape index (κ2) is 6.12. The highest BCUT2D eigenvalue weighted by Crippen LogP contribution is 2.19. The van der Waals surface area contributed by atoms with Gasteiger partial charge in [0.15, 0.2) is 0 Å². The Balaban J connectivity index is 2.78. The quantitative estimate of drug-likeness (QED) is 0.928. The highest BCUT2D eigenvalue weighted by atomic mass is 79.9. The van der Waals surface area contributed by atoms with Crippen molar-refractivity contribution >= 4 is 21.8 Å². The number of rotatable bonds is 4. The molecule has 1 rings (SSSR count). The molecule has 0 aromatic heterocycles. The van der Waals surface area contributed by atoms with Gasteiger partial charge in [-0.05, 0) is 47.5 Å². The monoisotopic (exact) mass is 303 g/mol. The van der Waals surface area contributed by atoms with E-state index in [2.05, 4.69) is 15.9 Å². The van der Waals surface area contributed by atoms with Crippen LogP contribution in [0.15, 0.2) is 22.7 Å². The maximum atomic E-state index is 13.1. The maximum Gasteiger partial charge on any atom is 0.254 e. The molecule has 0 aliphatic rings. The summed E-state index contributed by atoms with van der Waals surface area (Å²) in [6.07, 6.45) is 0.0380. The zero-order valence-electron chi connectivity index (χ0n) is 9.78. The number of nitrogens with zero attached hydrogens (tertiary/aromatic N) is 1. The third-order valence-corrected chi connectivity index (χ3v) is 3.08. The molecular weight excluding hydrogens is 289 g/mol. The van der Waals surface area contributed by atoms with Crippen molar-refractivity contribution in [2.24, 2.45) is 0 Å². The predicted octanol–water partition coefficient (Wildman–Crippen LogP) is 2.43. The van der Waals surface area contributed by atoms with Gasteiger partial charge in [-0.25, -0.2) is 4.39 Å².